The Hall–Kier alpha value is -3.00. The molecule has 1 fully saturated rings. The van der Waals surface area contributed by atoms with Crippen LogP contribution in [0.25, 0.3) is 11.1 Å². The number of aliphatic hydroxyl groups excluding tert-OH is 1. The maximum absolute atomic E-state index is 14.3. The molecule has 4 rings (SSSR count). The summed E-state index contributed by atoms with van der Waals surface area (Å²) >= 11 is 0. The van der Waals surface area contributed by atoms with Crippen molar-refractivity contribution in [3.05, 3.63) is 58.3 Å². The first kappa shape index (κ1) is 21.2. The highest BCUT2D eigenvalue weighted by molar-refractivity contribution is 5.84. The summed E-state index contributed by atoms with van der Waals surface area (Å²) in [6, 6.07) is 8.20. The Morgan fingerprint density at radius 1 is 1.16 bits per heavy atom. The molecule has 0 aliphatic carbocycles. The van der Waals surface area contributed by atoms with Gasteiger partial charge in [0.15, 0.2) is 0 Å². The molecule has 2 aliphatic heterocycles. The zero-order valence-electron chi connectivity index (χ0n) is 17.5. The molecule has 0 spiro atoms. The lowest BCUT2D eigenvalue weighted by atomic mass is 9.86. The third kappa shape index (κ3) is 3.26. The molecule has 2 N–H and O–H groups in total. The van der Waals surface area contributed by atoms with Gasteiger partial charge in [0.2, 0.25) is 11.8 Å². The lowest BCUT2D eigenvalue weighted by molar-refractivity contribution is -0.136. The van der Waals surface area contributed by atoms with Gasteiger partial charge in [0, 0.05) is 43.3 Å². The second-order valence-corrected chi connectivity index (χ2v) is 8.00. The Labute approximate surface area is 179 Å². The van der Waals surface area contributed by atoms with E-state index in [1.165, 1.54) is 6.07 Å². The number of amides is 2. The smallest absolute Gasteiger partial charge is 0.258 e. The van der Waals surface area contributed by atoms with Gasteiger partial charge in [-0.2, -0.15) is 0 Å². The number of benzene rings is 1. The molecule has 0 unspecified atom stereocenters. The summed E-state index contributed by atoms with van der Waals surface area (Å²) in [5, 5.41) is 12.9. The van der Waals surface area contributed by atoms with Gasteiger partial charge < -0.3 is 19.9 Å². The number of nitrogens with zero attached hydrogens (tertiary/aromatic N) is 2. The first-order valence-corrected chi connectivity index (χ1v) is 10.6. The van der Waals surface area contributed by atoms with Gasteiger partial charge in [0.25, 0.3) is 5.56 Å². The highest BCUT2D eigenvalue weighted by Crippen LogP contribution is 2.48. The fraction of sp³-hybridized carbons (Fsp3) is 0.435. The van der Waals surface area contributed by atoms with E-state index in [-0.39, 0.29) is 48.1 Å². The molecule has 0 radical (unpaired) electrons. The van der Waals surface area contributed by atoms with E-state index in [4.69, 9.17) is 0 Å². The standard InChI is InChI=1S/C23H26FN3O4/c1-3-19(29)27-18-11-26-17(21(27)20(15(18)12-28)22(30)25-4-2)10-9-14(23(26)31)13-7-5-6-8-16(13)24/h5-10,15,18,20-21,28H,3-4,11-12H2,1-2H3,(H,25,30)/t15-,18-,20+,21+/m0/s1. The number of hydrogen-bond acceptors (Lipinski definition) is 4. The number of carbonyl (C=O) groups excluding carboxylic acids is 2. The monoisotopic (exact) mass is 427 g/mol. The fourth-order valence-electron chi connectivity index (χ4n) is 5.11. The Kier molecular flexibility index (Phi) is 5.66. The first-order chi connectivity index (χ1) is 14.9. The minimum Gasteiger partial charge on any atom is -0.396 e. The second-order valence-electron chi connectivity index (χ2n) is 8.00. The molecule has 2 bridgehead atoms. The topological polar surface area (TPSA) is 91.6 Å². The highest BCUT2D eigenvalue weighted by Gasteiger charge is 2.57. The molecule has 3 heterocycles. The molecule has 2 aromatic rings. The molecule has 1 aromatic heterocycles. The maximum Gasteiger partial charge on any atom is 0.258 e. The number of pyridine rings is 1. The van der Waals surface area contributed by atoms with E-state index >= 15 is 0 Å². The minimum atomic E-state index is -0.669. The predicted molar refractivity (Wildman–Crippen MR) is 113 cm³/mol. The molecule has 2 aliphatic rings. The van der Waals surface area contributed by atoms with Crippen molar-refractivity contribution in [2.75, 3.05) is 13.2 Å². The van der Waals surface area contributed by atoms with Crippen molar-refractivity contribution in [2.24, 2.45) is 11.8 Å². The van der Waals surface area contributed by atoms with E-state index < -0.39 is 29.7 Å². The Morgan fingerprint density at radius 2 is 1.90 bits per heavy atom. The van der Waals surface area contributed by atoms with Crippen LogP contribution in [0, 0.1) is 17.7 Å². The zero-order chi connectivity index (χ0) is 22.3. The Balaban J connectivity index is 1.89. The van der Waals surface area contributed by atoms with Gasteiger partial charge in [0.1, 0.15) is 5.82 Å². The lowest BCUT2D eigenvalue weighted by Crippen LogP contribution is -2.49. The molecule has 1 saturated heterocycles. The molecule has 8 heteroatoms. The number of aromatic nitrogens is 1. The molecule has 31 heavy (non-hydrogen) atoms. The van der Waals surface area contributed by atoms with Gasteiger partial charge in [-0.05, 0) is 25.1 Å². The lowest BCUT2D eigenvalue weighted by Gasteiger charge is -2.38. The van der Waals surface area contributed by atoms with Crippen molar-refractivity contribution in [3.8, 4) is 11.1 Å². The van der Waals surface area contributed by atoms with Gasteiger partial charge in [0.05, 0.1) is 23.6 Å². The van der Waals surface area contributed by atoms with Crippen LogP contribution >= 0.6 is 0 Å². The van der Waals surface area contributed by atoms with Crippen molar-refractivity contribution in [2.45, 2.75) is 38.9 Å². The molecule has 7 nitrogen and oxygen atoms in total. The number of rotatable bonds is 5. The van der Waals surface area contributed by atoms with Crippen LogP contribution in [0.1, 0.15) is 32.0 Å². The van der Waals surface area contributed by atoms with Crippen LogP contribution < -0.4 is 10.9 Å². The van der Waals surface area contributed by atoms with Crippen molar-refractivity contribution in [3.63, 3.8) is 0 Å². The number of hydrogen-bond donors (Lipinski definition) is 2. The van der Waals surface area contributed by atoms with Crippen molar-refractivity contribution in [1.29, 1.82) is 0 Å². The van der Waals surface area contributed by atoms with E-state index in [2.05, 4.69) is 5.32 Å². The molecular formula is C23H26FN3O4. The third-order valence-corrected chi connectivity index (χ3v) is 6.45. The summed E-state index contributed by atoms with van der Waals surface area (Å²) in [5.41, 5.74) is 0.609. The van der Waals surface area contributed by atoms with E-state index in [1.54, 1.807) is 53.6 Å². The van der Waals surface area contributed by atoms with E-state index in [9.17, 15) is 23.9 Å². The number of halogens is 1. The zero-order valence-corrected chi connectivity index (χ0v) is 17.5. The Bertz CT molecular complexity index is 1080. The van der Waals surface area contributed by atoms with Crippen molar-refractivity contribution < 1.29 is 19.1 Å². The number of carbonyl (C=O) groups is 2. The predicted octanol–water partition coefficient (Wildman–Crippen LogP) is 1.69. The van der Waals surface area contributed by atoms with E-state index in [0.717, 1.165) is 0 Å². The average molecular weight is 427 g/mol. The largest absolute Gasteiger partial charge is 0.396 e. The maximum atomic E-state index is 14.3. The molecule has 1 aromatic carbocycles. The normalized spacial score (nSPS) is 24.1. The van der Waals surface area contributed by atoms with Crippen molar-refractivity contribution >= 4 is 11.8 Å². The van der Waals surface area contributed by atoms with Crippen LogP contribution in [0.2, 0.25) is 0 Å². The molecule has 0 saturated carbocycles. The summed E-state index contributed by atoms with van der Waals surface area (Å²) in [7, 11) is 0. The molecule has 2 amide bonds. The van der Waals surface area contributed by atoms with Crippen LogP contribution in [-0.4, -0.2) is 45.6 Å². The summed E-state index contributed by atoms with van der Waals surface area (Å²) in [4.78, 5) is 40.8. The summed E-state index contributed by atoms with van der Waals surface area (Å²) < 4.78 is 15.9. The van der Waals surface area contributed by atoms with Gasteiger partial charge >= 0.3 is 0 Å². The molecule has 164 valence electrons. The summed E-state index contributed by atoms with van der Waals surface area (Å²) in [6.07, 6.45) is 0.255. The third-order valence-electron chi connectivity index (χ3n) is 6.45. The highest BCUT2D eigenvalue weighted by atomic mass is 19.1. The van der Waals surface area contributed by atoms with Crippen molar-refractivity contribution in [1.82, 2.24) is 14.8 Å². The summed E-state index contributed by atoms with van der Waals surface area (Å²) in [6.45, 7) is 3.85. The first-order valence-electron chi connectivity index (χ1n) is 10.6. The SMILES string of the molecule is CCNC(=O)[C@@H]1[C@@H](CO)[C@@H]2Cn3c(ccc(-c4ccccc4F)c3=O)[C@H]1N2C(=O)CC. The van der Waals surface area contributed by atoms with Crippen LogP contribution in [0.15, 0.2) is 41.2 Å². The Morgan fingerprint density at radius 3 is 2.55 bits per heavy atom. The van der Waals surface area contributed by atoms with Gasteiger partial charge in [-0.25, -0.2) is 4.39 Å². The van der Waals surface area contributed by atoms with Crippen LogP contribution in [0.3, 0.4) is 0 Å². The fourth-order valence-corrected chi connectivity index (χ4v) is 5.11. The van der Waals surface area contributed by atoms with Crippen LogP contribution in [0.5, 0.6) is 0 Å². The van der Waals surface area contributed by atoms with E-state index in [1.807, 2.05) is 0 Å². The summed E-state index contributed by atoms with van der Waals surface area (Å²) in [5.74, 6) is -2.03. The minimum absolute atomic E-state index is 0.128. The number of aliphatic hydroxyl groups is 1. The van der Waals surface area contributed by atoms with Crippen LogP contribution in [0.4, 0.5) is 4.39 Å². The number of nitrogens with one attached hydrogen (secondary N) is 1. The average Bonchev–Trinajstić information content (AvgIpc) is 3.01. The van der Waals surface area contributed by atoms with E-state index in [0.29, 0.717) is 12.2 Å². The second kappa shape index (κ2) is 8.26. The van der Waals surface area contributed by atoms with Gasteiger partial charge in [-0.3, -0.25) is 14.4 Å². The van der Waals surface area contributed by atoms with Crippen LogP contribution in [-0.2, 0) is 16.1 Å². The molecular weight excluding hydrogens is 401 g/mol. The molecule has 4 atom stereocenters. The number of fused-ring (bicyclic) bond motifs is 4. The van der Waals surface area contributed by atoms with Gasteiger partial charge in [-0.1, -0.05) is 25.1 Å². The van der Waals surface area contributed by atoms with Gasteiger partial charge in [-0.15, -0.1) is 0 Å². The quantitative estimate of drug-likeness (QED) is 0.760.